The number of aromatic nitrogens is 1. The molecule has 0 atom stereocenters. The predicted molar refractivity (Wildman–Crippen MR) is 85.7 cm³/mol. The molecule has 0 N–H and O–H groups in total. The Balaban J connectivity index is 2.04. The van der Waals surface area contributed by atoms with Crippen molar-refractivity contribution in [1.82, 2.24) is 4.98 Å². The lowest BCUT2D eigenvalue weighted by Crippen LogP contribution is -2.12. The summed E-state index contributed by atoms with van der Waals surface area (Å²) in [5.74, 6) is -0.418. The van der Waals surface area contributed by atoms with Crippen molar-refractivity contribution in [1.29, 1.82) is 0 Å². The highest BCUT2D eigenvalue weighted by Gasteiger charge is 2.31. The molecule has 0 saturated carbocycles. The zero-order valence-electron chi connectivity index (χ0n) is 12.9. The molecule has 130 valence electrons. The SMILES string of the molecule is Cc1cnc2c(S(=O)(=O)Oc3cccc(C(F)(F)F)c3)cccc2c1. The van der Waals surface area contributed by atoms with Crippen molar-refractivity contribution >= 4 is 21.0 Å². The molecule has 4 nitrogen and oxygen atoms in total. The highest BCUT2D eigenvalue weighted by atomic mass is 32.2. The Morgan fingerprint density at radius 1 is 1.04 bits per heavy atom. The standard InChI is InChI=1S/C17H12F3NO3S/c1-11-8-12-4-2-7-15(16(12)21-10-11)25(22,23)24-14-6-3-5-13(9-14)17(18,19)20/h2-10H,1H3. The van der Waals surface area contributed by atoms with E-state index in [1.54, 1.807) is 12.1 Å². The number of halogens is 3. The van der Waals surface area contributed by atoms with E-state index in [2.05, 4.69) is 4.98 Å². The van der Waals surface area contributed by atoms with Gasteiger partial charge in [0.2, 0.25) is 0 Å². The Morgan fingerprint density at radius 2 is 1.76 bits per heavy atom. The van der Waals surface area contributed by atoms with Crippen LogP contribution >= 0.6 is 0 Å². The monoisotopic (exact) mass is 367 g/mol. The van der Waals surface area contributed by atoms with Gasteiger partial charge in [-0.3, -0.25) is 4.98 Å². The summed E-state index contributed by atoms with van der Waals surface area (Å²) in [5.41, 5.74) is 0.0489. The van der Waals surface area contributed by atoms with Gasteiger partial charge >= 0.3 is 16.3 Å². The Bertz CT molecular complexity index is 1050. The van der Waals surface area contributed by atoms with Crippen molar-refractivity contribution in [2.75, 3.05) is 0 Å². The van der Waals surface area contributed by atoms with Gasteiger partial charge in [0.1, 0.15) is 10.6 Å². The molecule has 0 aliphatic heterocycles. The molecular weight excluding hydrogens is 355 g/mol. The third-order valence-corrected chi connectivity index (χ3v) is 4.73. The van der Waals surface area contributed by atoms with Crippen LogP contribution in [-0.4, -0.2) is 13.4 Å². The minimum absolute atomic E-state index is 0.195. The Kier molecular flexibility index (Phi) is 4.16. The van der Waals surface area contributed by atoms with Crippen molar-refractivity contribution in [3.05, 3.63) is 65.9 Å². The normalized spacial score (nSPS) is 12.3. The fraction of sp³-hybridized carbons (Fsp3) is 0.118. The smallest absolute Gasteiger partial charge is 0.379 e. The number of fused-ring (bicyclic) bond motifs is 1. The first kappa shape index (κ1) is 17.2. The van der Waals surface area contributed by atoms with Gasteiger partial charge in [-0.2, -0.15) is 21.6 Å². The van der Waals surface area contributed by atoms with E-state index in [0.717, 1.165) is 23.8 Å². The first-order valence-corrected chi connectivity index (χ1v) is 8.55. The number of rotatable bonds is 3. The maximum Gasteiger partial charge on any atom is 0.416 e. The van der Waals surface area contributed by atoms with Crippen LogP contribution in [0.3, 0.4) is 0 Å². The molecule has 0 fully saturated rings. The molecule has 0 amide bonds. The van der Waals surface area contributed by atoms with Crippen LogP contribution < -0.4 is 4.18 Å². The third-order valence-electron chi connectivity index (χ3n) is 3.45. The zero-order chi connectivity index (χ0) is 18.2. The molecule has 0 saturated heterocycles. The minimum atomic E-state index is -4.60. The number of hydrogen-bond donors (Lipinski definition) is 0. The van der Waals surface area contributed by atoms with Crippen LogP contribution in [0.15, 0.2) is 59.6 Å². The number of hydrogen-bond acceptors (Lipinski definition) is 4. The van der Waals surface area contributed by atoms with Crippen LogP contribution in [0, 0.1) is 6.92 Å². The highest BCUT2D eigenvalue weighted by molar-refractivity contribution is 7.87. The second-order valence-electron chi connectivity index (χ2n) is 5.40. The third kappa shape index (κ3) is 3.58. The number of benzene rings is 2. The van der Waals surface area contributed by atoms with Crippen LogP contribution in [0.1, 0.15) is 11.1 Å². The first-order valence-electron chi connectivity index (χ1n) is 7.14. The Labute approximate surface area is 142 Å². The van der Waals surface area contributed by atoms with E-state index < -0.39 is 27.6 Å². The van der Waals surface area contributed by atoms with E-state index in [0.29, 0.717) is 11.5 Å². The van der Waals surface area contributed by atoms with Gasteiger partial charge in [0.15, 0.2) is 0 Å². The van der Waals surface area contributed by atoms with E-state index >= 15 is 0 Å². The molecule has 3 aromatic rings. The molecule has 0 spiro atoms. The van der Waals surface area contributed by atoms with Crippen molar-refractivity contribution < 1.29 is 25.8 Å². The largest absolute Gasteiger partial charge is 0.416 e. The molecule has 0 aliphatic carbocycles. The molecule has 25 heavy (non-hydrogen) atoms. The Morgan fingerprint density at radius 3 is 2.48 bits per heavy atom. The molecule has 0 bridgehead atoms. The van der Waals surface area contributed by atoms with E-state index in [4.69, 9.17) is 4.18 Å². The van der Waals surface area contributed by atoms with Gasteiger partial charge in [0, 0.05) is 11.6 Å². The topological polar surface area (TPSA) is 56.3 Å². The summed E-state index contributed by atoms with van der Waals surface area (Å²) in [5, 5.41) is 0.591. The van der Waals surface area contributed by atoms with Gasteiger partial charge in [0.25, 0.3) is 0 Å². The van der Waals surface area contributed by atoms with Crippen LogP contribution in [-0.2, 0) is 16.3 Å². The summed E-state index contributed by atoms with van der Waals surface area (Å²) in [6, 6.07) is 9.97. The number of nitrogens with zero attached hydrogens (tertiary/aromatic N) is 1. The Hall–Kier alpha value is -2.61. The molecule has 3 rings (SSSR count). The number of pyridine rings is 1. The van der Waals surface area contributed by atoms with Gasteiger partial charge < -0.3 is 4.18 Å². The van der Waals surface area contributed by atoms with E-state index in [-0.39, 0.29) is 10.4 Å². The second-order valence-corrected chi connectivity index (χ2v) is 6.92. The molecule has 1 heterocycles. The predicted octanol–water partition coefficient (Wildman–Crippen LogP) is 4.33. The molecule has 0 aliphatic rings. The van der Waals surface area contributed by atoms with E-state index in [1.807, 2.05) is 6.92 Å². The summed E-state index contributed by atoms with van der Waals surface area (Å²) in [4.78, 5) is 3.90. The average Bonchev–Trinajstić information content (AvgIpc) is 2.53. The second kappa shape index (κ2) is 6.03. The molecule has 0 radical (unpaired) electrons. The first-order chi connectivity index (χ1) is 11.7. The number of aryl methyl sites for hydroxylation is 1. The quantitative estimate of drug-likeness (QED) is 0.647. The van der Waals surface area contributed by atoms with Crippen LogP contribution in [0.4, 0.5) is 13.2 Å². The van der Waals surface area contributed by atoms with E-state index in [1.165, 1.54) is 18.3 Å². The average molecular weight is 367 g/mol. The van der Waals surface area contributed by atoms with Gasteiger partial charge in [-0.05, 0) is 42.8 Å². The number of alkyl halides is 3. The zero-order valence-corrected chi connectivity index (χ0v) is 13.7. The maximum absolute atomic E-state index is 12.8. The van der Waals surface area contributed by atoms with Crippen LogP contribution in [0.2, 0.25) is 0 Å². The highest BCUT2D eigenvalue weighted by Crippen LogP contribution is 2.32. The fourth-order valence-electron chi connectivity index (χ4n) is 2.34. The summed E-state index contributed by atoms with van der Waals surface area (Å²) in [7, 11) is -4.34. The summed E-state index contributed by atoms with van der Waals surface area (Å²) in [6.45, 7) is 1.81. The molecular formula is C17H12F3NO3S. The molecule has 1 aromatic heterocycles. The van der Waals surface area contributed by atoms with Gasteiger partial charge in [-0.1, -0.05) is 18.2 Å². The van der Waals surface area contributed by atoms with Crippen LogP contribution in [0.5, 0.6) is 5.75 Å². The maximum atomic E-state index is 12.8. The lowest BCUT2D eigenvalue weighted by atomic mass is 10.2. The summed E-state index contributed by atoms with van der Waals surface area (Å²) in [6.07, 6.45) is -3.09. The molecule has 0 unspecified atom stereocenters. The van der Waals surface area contributed by atoms with Crippen molar-refractivity contribution in [3.63, 3.8) is 0 Å². The van der Waals surface area contributed by atoms with Gasteiger partial charge in [-0.15, -0.1) is 0 Å². The van der Waals surface area contributed by atoms with Crippen molar-refractivity contribution in [3.8, 4) is 5.75 Å². The summed E-state index contributed by atoms with van der Waals surface area (Å²) < 4.78 is 68.2. The van der Waals surface area contributed by atoms with Crippen LogP contribution in [0.25, 0.3) is 10.9 Å². The minimum Gasteiger partial charge on any atom is -0.379 e. The van der Waals surface area contributed by atoms with Gasteiger partial charge in [0.05, 0.1) is 11.1 Å². The van der Waals surface area contributed by atoms with Gasteiger partial charge in [-0.25, -0.2) is 0 Å². The van der Waals surface area contributed by atoms with Crippen molar-refractivity contribution in [2.45, 2.75) is 18.0 Å². The fourth-order valence-corrected chi connectivity index (χ4v) is 3.44. The van der Waals surface area contributed by atoms with E-state index in [9.17, 15) is 21.6 Å². The molecule has 8 heteroatoms. The lowest BCUT2D eigenvalue weighted by molar-refractivity contribution is -0.137. The van der Waals surface area contributed by atoms with Crippen molar-refractivity contribution in [2.24, 2.45) is 0 Å². The summed E-state index contributed by atoms with van der Waals surface area (Å²) >= 11 is 0. The number of para-hydroxylation sites is 1. The molecule has 2 aromatic carbocycles. The lowest BCUT2D eigenvalue weighted by Gasteiger charge is -2.11.